The third-order valence-corrected chi connectivity index (χ3v) is 2.68. The summed E-state index contributed by atoms with van der Waals surface area (Å²) in [5.41, 5.74) is 0. The van der Waals surface area contributed by atoms with E-state index in [1.54, 1.807) is 18.2 Å². The first-order valence-electron chi connectivity index (χ1n) is 3.69. The summed E-state index contributed by atoms with van der Waals surface area (Å²) < 4.78 is 26.9. The molecule has 0 aliphatic carbocycles. The molecule has 0 amide bonds. The van der Waals surface area contributed by atoms with E-state index in [2.05, 4.69) is 4.18 Å². The fourth-order valence-electron chi connectivity index (χ4n) is 0.826. The fraction of sp³-hybridized carbons (Fsp3) is 0.250. The van der Waals surface area contributed by atoms with Crippen molar-refractivity contribution in [2.45, 2.75) is 18.1 Å². The molecule has 1 atom stereocenters. The van der Waals surface area contributed by atoms with Crippen LogP contribution in [0.3, 0.4) is 0 Å². The average Bonchev–Trinajstić information content (AvgIpc) is 2.04. The zero-order chi connectivity index (χ0) is 9.90. The van der Waals surface area contributed by atoms with E-state index < -0.39 is 16.4 Å². The quantitative estimate of drug-likeness (QED) is 0.450. The van der Waals surface area contributed by atoms with Crippen LogP contribution in [0.4, 0.5) is 0 Å². The van der Waals surface area contributed by atoms with Gasteiger partial charge in [0.2, 0.25) is 0 Å². The van der Waals surface area contributed by atoms with Crippen LogP contribution >= 0.6 is 0 Å². The molecule has 0 saturated heterocycles. The molecule has 0 saturated carbocycles. The molecule has 14 heavy (non-hydrogen) atoms. The van der Waals surface area contributed by atoms with Gasteiger partial charge >= 0.3 is 29.6 Å². The van der Waals surface area contributed by atoms with Crippen LogP contribution in [0.1, 0.15) is 6.92 Å². The predicted molar refractivity (Wildman–Crippen MR) is 53.5 cm³/mol. The molecule has 0 fully saturated rings. The number of hydrogen-bond donors (Lipinski definition) is 1. The predicted octanol–water partition coefficient (Wildman–Crippen LogP) is 0.0817. The van der Waals surface area contributed by atoms with Crippen molar-refractivity contribution in [3.05, 3.63) is 30.3 Å². The zero-order valence-corrected chi connectivity index (χ0v) is 7.86. The summed E-state index contributed by atoms with van der Waals surface area (Å²) in [5, 5.41) is 8.75. The molecular weight excluding hydrogens is 215 g/mol. The van der Waals surface area contributed by atoms with Gasteiger partial charge in [-0.2, -0.15) is 8.42 Å². The van der Waals surface area contributed by atoms with Gasteiger partial charge in [-0.25, -0.2) is 4.18 Å². The summed E-state index contributed by atoms with van der Waals surface area (Å²) in [6.07, 6.45) is -1.33. The first-order valence-corrected chi connectivity index (χ1v) is 5.09. The Morgan fingerprint density at radius 3 is 2.21 bits per heavy atom. The third-order valence-electron chi connectivity index (χ3n) is 1.30. The Bertz CT molecular complexity index is 360. The van der Waals surface area contributed by atoms with E-state index >= 15 is 0 Å². The molecule has 0 spiro atoms. The van der Waals surface area contributed by atoms with Crippen molar-refractivity contribution >= 4 is 39.7 Å². The number of rotatable bonds is 3. The van der Waals surface area contributed by atoms with Crippen molar-refractivity contribution in [3.63, 3.8) is 0 Å². The minimum absolute atomic E-state index is 0. The van der Waals surface area contributed by atoms with E-state index in [1.807, 2.05) is 0 Å². The molecule has 0 aliphatic rings. The van der Waals surface area contributed by atoms with Gasteiger partial charge in [-0.3, -0.25) is 0 Å². The van der Waals surface area contributed by atoms with Gasteiger partial charge in [-0.05, 0) is 19.1 Å². The molecular formula is C8H11NaO4S. The van der Waals surface area contributed by atoms with Crippen LogP contribution in [0.15, 0.2) is 35.2 Å². The van der Waals surface area contributed by atoms with Crippen LogP contribution in [0, 0.1) is 0 Å². The molecule has 1 rings (SSSR count). The molecule has 0 aliphatic heterocycles. The van der Waals surface area contributed by atoms with Gasteiger partial charge in [0, 0.05) is 0 Å². The fourth-order valence-corrected chi connectivity index (χ4v) is 1.79. The van der Waals surface area contributed by atoms with Gasteiger partial charge in [0.1, 0.15) is 0 Å². The Morgan fingerprint density at radius 1 is 1.29 bits per heavy atom. The number of benzene rings is 1. The summed E-state index contributed by atoms with van der Waals surface area (Å²) in [4.78, 5) is 0.0379. The van der Waals surface area contributed by atoms with E-state index in [4.69, 9.17) is 5.11 Å². The normalized spacial score (nSPS) is 13.0. The van der Waals surface area contributed by atoms with Crippen LogP contribution in [0.25, 0.3) is 0 Å². The Morgan fingerprint density at radius 2 is 1.79 bits per heavy atom. The summed E-state index contributed by atoms with van der Waals surface area (Å²) in [6.45, 7) is 1.24. The Balaban J connectivity index is 0.00000169. The average molecular weight is 226 g/mol. The van der Waals surface area contributed by atoms with Crippen molar-refractivity contribution in [1.82, 2.24) is 0 Å². The van der Waals surface area contributed by atoms with Crippen molar-refractivity contribution in [2.75, 3.05) is 0 Å². The topological polar surface area (TPSA) is 63.6 Å². The van der Waals surface area contributed by atoms with Gasteiger partial charge in [0.15, 0.2) is 6.29 Å². The first kappa shape index (κ1) is 14.1. The first-order chi connectivity index (χ1) is 6.02. The zero-order valence-electron chi connectivity index (χ0n) is 7.04. The summed E-state index contributed by atoms with van der Waals surface area (Å²) in [5.74, 6) is 0. The second-order valence-corrected chi connectivity index (χ2v) is 4.03. The summed E-state index contributed by atoms with van der Waals surface area (Å²) in [6, 6.07) is 7.66. The van der Waals surface area contributed by atoms with E-state index in [9.17, 15) is 8.42 Å². The van der Waals surface area contributed by atoms with E-state index in [0.717, 1.165) is 0 Å². The molecule has 1 N–H and O–H groups in total. The van der Waals surface area contributed by atoms with Crippen molar-refractivity contribution in [2.24, 2.45) is 0 Å². The molecule has 1 aromatic rings. The second-order valence-electron chi connectivity index (χ2n) is 2.46. The molecule has 0 radical (unpaired) electrons. The van der Waals surface area contributed by atoms with Crippen molar-refractivity contribution < 1.29 is 17.7 Å². The Kier molecular flexibility index (Phi) is 5.88. The van der Waals surface area contributed by atoms with E-state index in [0.29, 0.717) is 0 Å². The third kappa shape index (κ3) is 4.08. The van der Waals surface area contributed by atoms with Gasteiger partial charge in [0.25, 0.3) is 10.1 Å². The Labute approximate surface area is 105 Å². The second kappa shape index (κ2) is 5.85. The van der Waals surface area contributed by atoms with Crippen LogP contribution in [0.2, 0.25) is 0 Å². The number of hydrogen-bond acceptors (Lipinski definition) is 4. The van der Waals surface area contributed by atoms with Crippen LogP contribution < -0.4 is 0 Å². The molecule has 1 unspecified atom stereocenters. The van der Waals surface area contributed by atoms with Gasteiger partial charge < -0.3 is 5.11 Å². The standard InChI is InChI=1S/C8H10O4S.Na.H/c1-7(9)12-13(10,11)8-5-3-2-4-6-8;;/h2-7,9H,1H3;;. The van der Waals surface area contributed by atoms with Crippen LogP contribution in [-0.2, 0) is 14.3 Å². The maximum atomic E-state index is 11.3. The molecule has 0 aromatic heterocycles. The molecule has 0 bridgehead atoms. The molecule has 6 heteroatoms. The maximum absolute atomic E-state index is 11.3. The Hall–Kier alpha value is 0.0900. The molecule has 4 nitrogen and oxygen atoms in total. The molecule has 1 aromatic carbocycles. The van der Waals surface area contributed by atoms with E-state index in [1.165, 1.54) is 19.1 Å². The molecule has 74 valence electrons. The summed E-state index contributed by atoms with van der Waals surface area (Å²) in [7, 11) is -3.81. The van der Waals surface area contributed by atoms with Gasteiger partial charge in [0.05, 0.1) is 4.90 Å². The van der Waals surface area contributed by atoms with E-state index in [-0.39, 0.29) is 34.5 Å². The van der Waals surface area contributed by atoms with Crippen LogP contribution in [-0.4, -0.2) is 49.4 Å². The number of aliphatic hydroxyl groups is 1. The summed E-state index contributed by atoms with van der Waals surface area (Å²) >= 11 is 0. The van der Waals surface area contributed by atoms with Crippen molar-refractivity contribution in [3.8, 4) is 0 Å². The van der Waals surface area contributed by atoms with Gasteiger partial charge in [-0.1, -0.05) is 18.2 Å². The number of aliphatic hydroxyl groups excluding tert-OH is 1. The molecule has 0 heterocycles. The van der Waals surface area contributed by atoms with Gasteiger partial charge in [-0.15, -0.1) is 0 Å². The monoisotopic (exact) mass is 226 g/mol. The minimum atomic E-state index is -3.81. The van der Waals surface area contributed by atoms with Crippen LogP contribution in [0.5, 0.6) is 0 Å². The SMILES string of the molecule is CC(O)OS(=O)(=O)c1ccccc1.[NaH]. The van der Waals surface area contributed by atoms with Crippen molar-refractivity contribution in [1.29, 1.82) is 0 Å².